The van der Waals surface area contributed by atoms with E-state index in [0.29, 0.717) is 17.7 Å². The van der Waals surface area contributed by atoms with E-state index in [1.807, 2.05) is 0 Å². The number of sulfonamides is 1. The van der Waals surface area contributed by atoms with Gasteiger partial charge in [-0.3, -0.25) is 0 Å². The molecule has 8 heteroatoms. The number of carbonyl (C=O) groups is 1. The Labute approximate surface area is 131 Å². The first kappa shape index (κ1) is 16.4. The number of hydrogen-bond acceptors (Lipinski definition) is 4. The minimum atomic E-state index is -3.80. The fourth-order valence-corrected chi connectivity index (χ4v) is 4.50. The number of nitrogens with one attached hydrogen (secondary N) is 1. The molecule has 2 N–H and O–H groups in total. The number of aromatic carboxylic acids is 1. The van der Waals surface area contributed by atoms with Crippen LogP contribution in [0.2, 0.25) is 0 Å². The lowest BCUT2D eigenvalue weighted by Crippen LogP contribution is -2.38. The Morgan fingerprint density at radius 1 is 1.52 bits per heavy atom. The minimum absolute atomic E-state index is 0.0737. The predicted octanol–water partition coefficient (Wildman–Crippen LogP) is 1.85. The van der Waals surface area contributed by atoms with E-state index >= 15 is 0 Å². The highest BCUT2D eigenvalue weighted by Gasteiger charge is 2.28. The molecule has 1 aliphatic heterocycles. The van der Waals surface area contributed by atoms with Gasteiger partial charge in [-0.1, -0.05) is 0 Å². The molecule has 0 saturated carbocycles. The molecular weight excluding hydrogens is 362 g/mol. The third-order valence-corrected chi connectivity index (χ3v) is 6.03. The van der Waals surface area contributed by atoms with Crippen molar-refractivity contribution in [3.63, 3.8) is 0 Å². The Kier molecular flexibility index (Phi) is 5.03. The number of halogens is 1. The lowest BCUT2D eigenvalue weighted by molar-refractivity contribution is 0.0696. The molecule has 2 rings (SSSR count). The van der Waals surface area contributed by atoms with Crippen molar-refractivity contribution in [1.29, 1.82) is 0 Å². The fourth-order valence-electron chi connectivity index (χ4n) is 2.19. The summed E-state index contributed by atoms with van der Waals surface area (Å²) in [5.74, 6) is -1.04. The van der Waals surface area contributed by atoms with Crippen LogP contribution in [-0.4, -0.2) is 38.7 Å². The van der Waals surface area contributed by atoms with Gasteiger partial charge in [0.15, 0.2) is 0 Å². The first-order valence-electron chi connectivity index (χ1n) is 6.44. The first-order valence-corrected chi connectivity index (χ1v) is 8.72. The van der Waals surface area contributed by atoms with E-state index in [1.165, 1.54) is 12.1 Å². The maximum Gasteiger partial charge on any atom is 0.335 e. The second-order valence-electron chi connectivity index (χ2n) is 4.98. The van der Waals surface area contributed by atoms with Gasteiger partial charge in [0.1, 0.15) is 0 Å². The van der Waals surface area contributed by atoms with E-state index < -0.39 is 16.0 Å². The number of carboxylic acids is 1. The van der Waals surface area contributed by atoms with Crippen molar-refractivity contribution in [2.45, 2.75) is 24.3 Å². The molecule has 1 aromatic rings. The Hall–Kier alpha value is -0.960. The molecule has 0 aromatic heterocycles. The second kappa shape index (κ2) is 6.43. The Balaban J connectivity index is 2.26. The van der Waals surface area contributed by atoms with Gasteiger partial charge in [-0.25, -0.2) is 17.9 Å². The lowest BCUT2D eigenvalue weighted by atomic mass is 10.0. The summed E-state index contributed by atoms with van der Waals surface area (Å²) in [6.07, 6.45) is 0.806. The summed E-state index contributed by atoms with van der Waals surface area (Å²) in [4.78, 5) is 10.9. The lowest BCUT2D eigenvalue weighted by Gasteiger charge is -2.19. The maximum atomic E-state index is 12.4. The molecule has 0 amide bonds. The molecule has 1 saturated heterocycles. The van der Waals surface area contributed by atoms with Gasteiger partial charge in [-0.05, 0) is 47.5 Å². The fraction of sp³-hybridized carbons (Fsp3) is 0.462. The zero-order valence-electron chi connectivity index (χ0n) is 11.4. The molecule has 21 heavy (non-hydrogen) atoms. The topological polar surface area (TPSA) is 92.7 Å². The summed E-state index contributed by atoms with van der Waals surface area (Å²) in [6, 6.07) is 3.63. The van der Waals surface area contributed by atoms with Crippen molar-refractivity contribution < 1.29 is 23.1 Å². The summed E-state index contributed by atoms with van der Waals surface area (Å²) in [5, 5.41) is 8.97. The van der Waals surface area contributed by atoms with Gasteiger partial charge in [0, 0.05) is 23.0 Å². The van der Waals surface area contributed by atoms with Gasteiger partial charge in [0.2, 0.25) is 10.0 Å². The van der Waals surface area contributed by atoms with Crippen LogP contribution >= 0.6 is 15.9 Å². The van der Waals surface area contributed by atoms with Crippen molar-refractivity contribution in [2.75, 3.05) is 13.2 Å². The minimum Gasteiger partial charge on any atom is -0.478 e. The Bertz CT molecular complexity index is 640. The van der Waals surface area contributed by atoms with Crippen LogP contribution in [0.15, 0.2) is 27.6 Å². The normalized spacial score (nSPS) is 20.4. The molecule has 1 heterocycles. The molecular formula is C13H16BrNO5S. The third kappa shape index (κ3) is 3.82. The molecule has 0 aliphatic carbocycles. The van der Waals surface area contributed by atoms with Crippen LogP contribution in [0.3, 0.4) is 0 Å². The molecule has 6 nitrogen and oxygen atoms in total. The molecule has 0 radical (unpaired) electrons. The zero-order chi connectivity index (χ0) is 15.6. The van der Waals surface area contributed by atoms with Gasteiger partial charge in [-0.15, -0.1) is 0 Å². The highest BCUT2D eigenvalue weighted by molar-refractivity contribution is 9.10. The van der Waals surface area contributed by atoms with E-state index in [1.54, 1.807) is 6.92 Å². The molecule has 0 bridgehead atoms. The van der Waals surface area contributed by atoms with E-state index in [4.69, 9.17) is 9.84 Å². The number of benzene rings is 1. The van der Waals surface area contributed by atoms with Crippen LogP contribution in [0.5, 0.6) is 0 Å². The molecule has 1 fully saturated rings. The average Bonchev–Trinajstić information content (AvgIpc) is 2.92. The number of rotatable bonds is 5. The third-order valence-electron chi connectivity index (χ3n) is 3.48. The first-order chi connectivity index (χ1) is 9.81. The Morgan fingerprint density at radius 2 is 2.24 bits per heavy atom. The summed E-state index contributed by atoms with van der Waals surface area (Å²) in [5.41, 5.74) is -0.0737. The molecule has 1 aromatic carbocycles. The maximum absolute atomic E-state index is 12.4. The van der Waals surface area contributed by atoms with Gasteiger partial charge in [0.05, 0.1) is 17.1 Å². The SMILES string of the molecule is CC(NS(=O)(=O)c1cc(C(=O)O)ccc1Br)C1CCOC1. The zero-order valence-corrected chi connectivity index (χ0v) is 13.8. The van der Waals surface area contributed by atoms with Crippen LogP contribution in [0, 0.1) is 5.92 Å². The van der Waals surface area contributed by atoms with E-state index in [2.05, 4.69) is 20.7 Å². The van der Waals surface area contributed by atoms with E-state index in [0.717, 1.165) is 12.5 Å². The van der Waals surface area contributed by atoms with E-state index in [9.17, 15) is 13.2 Å². The van der Waals surface area contributed by atoms with Crippen LogP contribution in [0.1, 0.15) is 23.7 Å². The van der Waals surface area contributed by atoms with Crippen molar-refractivity contribution >= 4 is 31.9 Å². The van der Waals surface area contributed by atoms with Crippen molar-refractivity contribution in [2.24, 2.45) is 5.92 Å². The molecule has 116 valence electrons. The van der Waals surface area contributed by atoms with Crippen molar-refractivity contribution in [3.8, 4) is 0 Å². The smallest absolute Gasteiger partial charge is 0.335 e. The number of ether oxygens (including phenoxy) is 1. The second-order valence-corrected chi connectivity index (χ2v) is 7.52. The number of carboxylic acid groups (broad SMARTS) is 1. The van der Waals surface area contributed by atoms with Crippen molar-refractivity contribution in [1.82, 2.24) is 4.72 Å². The molecule has 2 atom stereocenters. The summed E-state index contributed by atoms with van der Waals surface area (Å²) in [7, 11) is -3.80. The quantitative estimate of drug-likeness (QED) is 0.816. The predicted molar refractivity (Wildman–Crippen MR) is 79.8 cm³/mol. The summed E-state index contributed by atoms with van der Waals surface area (Å²) >= 11 is 3.15. The highest BCUT2D eigenvalue weighted by Crippen LogP contribution is 2.25. The summed E-state index contributed by atoms with van der Waals surface area (Å²) < 4.78 is 33.0. The summed E-state index contributed by atoms with van der Waals surface area (Å²) in [6.45, 7) is 2.95. The van der Waals surface area contributed by atoms with Crippen LogP contribution in [0.25, 0.3) is 0 Å². The molecule has 1 aliphatic rings. The largest absolute Gasteiger partial charge is 0.478 e. The van der Waals surface area contributed by atoms with Crippen LogP contribution in [-0.2, 0) is 14.8 Å². The van der Waals surface area contributed by atoms with Crippen molar-refractivity contribution in [3.05, 3.63) is 28.2 Å². The molecule has 0 spiro atoms. The van der Waals surface area contributed by atoms with Crippen LogP contribution in [0.4, 0.5) is 0 Å². The monoisotopic (exact) mass is 377 g/mol. The van der Waals surface area contributed by atoms with Crippen LogP contribution < -0.4 is 4.72 Å². The molecule has 2 unspecified atom stereocenters. The standard InChI is InChI=1S/C13H16BrNO5S/c1-8(10-4-5-20-7-10)15-21(18,19)12-6-9(13(16)17)2-3-11(12)14/h2-3,6,8,10,15H,4-5,7H2,1H3,(H,16,17). The van der Waals surface area contributed by atoms with Gasteiger partial charge in [-0.2, -0.15) is 0 Å². The average molecular weight is 378 g/mol. The van der Waals surface area contributed by atoms with Gasteiger partial charge in [0.25, 0.3) is 0 Å². The highest BCUT2D eigenvalue weighted by atomic mass is 79.9. The van der Waals surface area contributed by atoms with E-state index in [-0.39, 0.29) is 22.4 Å². The Morgan fingerprint density at radius 3 is 2.81 bits per heavy atom. The van der Waals surface area contributed by atoms with Gasteiger partial charge < -0.3 is 9.84 Å². The van der Waals surface area contributed by atoms with Gasteiger partial charge >= 0.3 is 5.97 Å². The number of hydrogen-bond donors (Lipinski definition) is 2.